The van der Waals surface area contributed by atoms with Gasteiger partial charge in [-0.25, -0.2) is 0 Å². The molecule has 0 aliphatic rings. The van der Waals surface area contributed by atoms with E-state index in [9.17, 15) is 4.79 Å². The minimum absolute atomic E-state index is 0.0280. The third-order valence-corrected chi connectivity index (χ3v) is 2.74. The number of carboxylic acid groups (broad SMARTS) is 1. The normalized spacial score (nSPS) is 14.4. The van der Waals surface area contributed by atoms with Crippen molar-refractivity contribution in [1.29, 1.82) is 0 Å². The summed E-state index contributed by atoms with van der Waals surface area (Å²) in [5.41, 5.74) is 0.993. The molecule has 0 aromatic heterocycles. The van der Waals surface area contributed by atoms with Gasteiger partial charge in [0.2, 0.25) is 0 Å². The molecule has 0 aliphatic carbocycles. The molecule has 4 heteroatoms. The lowest BCUT2D eigenvalue weighted by molar-refractivity contribution is -0.139. The van der Waals surface area contributed by atoms with Gasteiger partial charge in [0.25, 0.3) is 0 Å². The summed E-state index contributed by atoms with van der Waals surface area (Å²) in [7, 11) is 0. The smallest absolute Gasteiger partial charge is 0.320 e. The predicted molar refractivity (Wildman–Crippen MR) is 64.7 cm³/mol. The molecular weight excluding hydrogens is 226 g/mol. The lowest BCUT2D eigenvalue weighted by Gasteiger charge is -2.19. The Kier molecular flexibility index (Phi) is 4.77. The molecule has 1 aromatic rings. The van der Waals surface area contributed by atoms with Crippen LogP contribution in [0.5, 0.6) is 0 Å². The molecule has 88 valence electrons. The van der Waals surface area contributed by atoms with Gasteiger partial charge in [0, 0.05) is 11.1 Å². The predicted octanol–water partition coefficient (Wildman–Crippen LogP) is 2.85. The minimum atomic E-state index is -0.823. The van der Waals surface area contributed by atoms with Gasteiger partial charge in [-0.2, -0.15) is 0 Å². The Morgan fingerprint density at radius 2 is 2.25 bits per heavy atom. The molecule has 2 atom stereocenters. The number of aliphatic carboxylic acids is 1. The number of hydrogen-bond acceptors (Lipinski definition) is 2. The van der Waals surface area contributed by atoms with Crippen LogP contribution in [0.15, 0.2) is 24.3 Å². The Morgan fingerprint density at radius 3 is 2.75 bits per heavy atom. The molecule has 1 aromatic carbocycles. The van der Waals surface area contributed by atoms with Crippen LogP contribution in [-0.4, -0.2) is 17.1 Å². The number of benzene rings is 1. The molecule has 0 amide bonds. The highest BCUT2D eigenvalue weighted by Gasteiger charge is 2.17. The van der Waals surface area contributed by atoms with Gasteiger partial charge in [0.05, 0.1) is 0 Å². The quantitative estimate of drug-likeness (QED) is 0.834. The summed E-state index contributed by atoms with van der Waals surface area (Å²) in [6, 6.07) is 6.88. The number of carbonyl (C=O) groups is 1. The van der Waals surface area contributed by atoms with E-state index in [0.29, 0.717) is 11.4 Å². The summed E-state index contributed by atoms with van der Waals surface area (Å²) in [5, 5.41) is 12.6. The van der Waals surface area contributed by atoms with Gasteiger partial charge in [-0.1, -0.05) is 30.7 Å². The number of rotatable bonds is 5. The van der Waals surface area contributed by atoms with E-state index in [4.69, 9.17) is 16.7 Å². The first-order valence-electron chi connectivity index (χ1n) is 5.29. The summed E-state index contributed by atoms with van der Waals surface area (Å²) in [6.07, 6.45) is 0.556. The van der Waals surface area contributed by atoms with Crippen LogP contribution < -0.4 is 5.32 Å². The lowest BCUT2D eigenvalue weighted by Crippen LogP contribution is -2.37. The Labute approximate surface area is 100 Å². The van der Waals surface area contributed by atoms with Crippen molar-refractivity contribution in [3.8, 4) is 0 Å². The van der Waals surface area contributed by atoms with E-state index in [1.807, 2.05) is 32.0 Å². The van der Waals surface area contributed by atoms with E-state index in [1.165, 1.54) is 0 Å². The van der Waals surface area contributed by atoms with Crippen molar-refractivity contribution < 1.29 is 9.90 Å². The zero-order chi connectivity index (χ0) is 12.1. The fourth-order valence-corrected chi connectivity index (χ4v) is 1.74. The largest absolute Gasteiger partial charge is 0.480 e. The standard InChI is InChI=1S/C12H16ClNO2/c1-3-11(12(15)16)14-8(2)9-5-4-6-10(13)7-9/h4-8,11,14H,3H2,1-2H3,(H,15,16). The fraction of sp³-hybridized carbons (Fsp3) is 0.417. The molecule has 0 spiro atoms. The Morgan fingerprint density at radius 1 is 1.56 bits per heavy atom. The second kappa shape index (κ2) is 5.87. The molecule has 0 saturated heterocycles. The van der Waals surface area contributed by atoms with Crippen molar-refractivity contribution in [2.75, 3.05) is 0 Å². The molecule has 1 rings (SSSR count). The molecule has 0 heterocycles. The van der Waals surface area contributed by atoms with Gasteiger partial charge in [-0.05, 0) is 31.0 Å². The highest BCUT2D eigenvalue weighted by molar-refractivity contribution is 6.30. The van der Waals surface area contributed by atoms with Gasteiger partial charge < -0.3 is 5.11 Å². The van der Waals surface area contributed by atoms with Gasteiger partial charge in [0.15, 0.2) is 0 Å². The summed E-state index contributed by atoms with van der Waals surface area (Å²) in [5.74, 6) is -0.823. The third kappa shape index (κ3) is 3.51. The molecule has 16 heavy (non-hydrogen) atoms. The minimum Gasteiger partial charge on any atom is -0.480 e. The Balaban J connectivity index is 2.71. The van der Waals surface area contributed by atoms with Gasteiger partial charge in [0.1, 0.15) is 6.04 Å². The van der Waals surface area contributed by atoms with Crippen LogP contribution in [0, 0.1) is 0 Å². The number of carboxylic acids is 1. The summed E-state index contributed by atoms with van der Waals surface area (Å²) in [6.45, 7) is 3.77. The number of halogens is 1. The molecule has 0 bridgehead atoms. The Hall–Kier alpha value is -1.06. The van der Waals surface area contributed by atoms with Crippen LogP contribution in [0.1, 0.15) is 31.9 Å². The van der Waals surface area contributed by atoms with Crippen LogP contribution in [0.3, 0.4) is 0 Å². The second-order valence-corrected chi connectivity index (χ2v) is 4.18. The van der Waals surface area contributed by atoms with Crippen molar-refractivity contribution >= 4 is 17.6 Å². The molecular formula is C12H16ClNO2. The van der Waals surface area contributed by atoms with Crippen molar-refractivity contribution in [2.45, 2.75) is 32.4 Å². The molecule has 0 aliphatic heterocycles. The van der Waals surface area contributed by atoms with Crippen molar-refractivity contribution in [2.24, 2.45) is 0 Å². The molecule has 3 nitrogen and oxygen atoms in total. The highest BCUT2D eigenvalue weighted by atomic mass is 35.5. The summed E-state index contributed by atoms with van der Waals surface area (Å²) >= 11 is 5.88. The van der Waals surface area contributed by atoms with Crippen LogP contribution in [-0.2, 0) is 4.79 Å². The third-order valence-electron chi connectivity index (χ3n) is 2.51. The van der Waals surface area contributed by atoms with E-state index >= 15 is 0 Å². The van der Waals surface area contributed by atoms with E-state index in [1.54, 1.807) is 6.07 Å². The van der Waals surface area contributed by atoms with E-state index in [0.717, 1.165) is 5.56 Å². The topological polar surface area (TPSA) is 49.3 Å². The average molecular weight is 242 g/mol. The van der Waals surface area contributed by atoms with Crippen LogP contribution in [0.25, 0.3) is 0 Å². The number of hydrogen-bond donors (Lipinski definition) is 2. The first kappa shape index (κ1) is 13.0. The van der Waals surface area contributed by atoms with Crippen molar-refractivity contribution in [1.82, 2.24) is 5.32 Å². The van der Waals surface area contributed by atoms with Crippen LogP contribution in [0.2, 0.25) is 5.02 Å². The zero-order valence-corrected chi connectivity index (χ0v) is 10.2. The van der Waals surface area contributed by atoms with Crippen LogP contribution >= 0.6 is 11.6 Å². The lowest BCUT2D eigenvalue weighted by atomic mass is 10.1. The molecule has 0 saturated carbocycles. The highest BCUT2D eigenvalue weighted by Crippen LogP contribution is 2.18. The monoisotopic (exact) mass is 241 g/mol. The van der Waals surface area contributed by atoms with E-state index < -0.39 is 12.0 Å². The second-order valence-electron chi connectivity index (χ2n) is 3.74. The van der Waals surface area contributed by atoms with E-state index in [-0.39, 0.29) is 6.04 Å². The average Bonchev–Trinajstić information content (AvgIpc) is 2.25. The summed E-state index contributed by atoms with van der Waals surface area (Å²) in [4.78, 5) is 10.9. The SMILES string of the molecule is CCC(NC(C)c1cccc(Cl)c1)C(=O)O. The van der Waals surface area contributed by atoms with E-state index in [2.05, 4.69) is 5.32 Å². The maximum absolute atomic E-state index is 10.9. The zero-order valence-electron chi connectivity index (χ0n) is 9.40. The van der Waals surface area contributed by atoms with Crippen LogP contribution in [0.4, 0.5) is 0 Å². The molecule has 0 radical (unpaired) electrons. The maximum atomic E-state index is 10.9. The molecule has 0 fully saturated rings. The van der Waals surface area contributed by atoms with Gasteiger partial charge in [-0.3, -0.25) is 10.1 Å². The first-order chi connectivity index (χ1) is 7.54. The van der Waals surface area contributed by atoms with Crippen molar-refractivity contribution in [3.63, 3.8) is 0 Å². The van der Waals surface area contributed by atoms with Gasteiger partial charge in [-0.15, -0.1) is 0 Å². The maximum Gasteiger partial charge on any atom is 0.320 e. The fourth-order valence-electron chi connectivity index (χ4n) is 1.54. The molecule has 2 unspecified atom stereocenters. The first-order valence-corrected chi connectivity index (χ1v) is 5.66. The number of nitrogens with one attached hydrogen (secondary N) is 1. The molecule has 2 N–H and O–H groups in total. The van der Waals surface area contributed by atoms with Gasteiger partial charge >= 0.3 is 5.97 Å². The van der Waals surface area contributed by atoms with Crippen molar-refractivity contribution in [3.05, 3.63) is 34.9 Å². The Bertz CT molecular complexity index is 368. The summed E-state index contributed by atoms with van der Waals surface area (Å²) < 4.78 is 0.